The molecule has 2 heterocycles. The maximum absolute atomic E-state index is 14.0. The largest absolute Gasteiger partial charge is 0.591 e. The number of halogens is 2. The van der Waals surface area contributed by atoms with E-state index < -0.39 is 42.5 Å². The number of rotatable bonds is 10. The molecule has 14 heteroatoms. The van der Waals surface area contributed by atoms with Crippen LogP contribution in [0.4, 0.5) is 13.6 Å². The molecule has 1 atom stereocenters. The number of hydrogen-bond donors (Lipinski definition) is 0. The Bertz CT molecular complexity index is 1890. The fraction of sp³-hybridized carbons (Fsp3) is 0.471. The number of imidazole rings is 1. The second-order valence-electron chi connectivity index (χ2n) is 14.7. The molecule has 0 bridgehead atoms. The molecular weight excluding hydrogens is 657 g/mol. The summed E-state index contributed by atoms with van der Waals surface area (Å²) in [4.78, 5) is 18.1. The third kappa shape index (κ3) is 8.62. The van der Waals surface area contributed by atoms with Crippen LogP contribution in [0.2, 0.25) is 25.7 Å². The molecule has 0 aliphatic heterocycles. The number of hydrogen-bond acceptors (Lipinski definition) is 8. The van der Waals surface area contributed by atoms with Gasteiger partial charge in [0.15, 0.2) is 11.5 Å². The Hall–Kier alpha value is -3.77. The molecule has 0 saturated carbocycles. The second-order valence-corrected chi connectivity index (χ2v) is 22.2. The average Bonchev–Trinajstić information content (AvgIpc) is 3.54. The number of carbonyl (C=O) groups is 1. The van der Waals surface area contributed by atoms with Gasteiger partial charge in [0.2, 0.25) is 0 Å². The van der Waals surface area contributed by atoms with Gasteiger partial charge in [-0.05, 0) is 90.4 Å². The van der Waals surface area contributed by atoms with Gasteiger partial charge in [-0.25, -0.2) is 9.78 Å². The van der Waals surface area contributed by atoms with Gasteiger partial charge in [0.05, 0.1) is 33.7 Å². The zero-order chi connectivity index (χ0) is 35.8. The van der Waals surface area contributed by atoms with Crippen molar-refractivity contribution in [2.75, 3.05) is 6.61 Å². The maximum Gasteiger partial charge on any atom is 0.419 e. The van der Waals surface area contributed by atoms with E-state index in [4.69, 9.17) is 19.2 Å². The Morgan fingerprint density at radius 1 is 1.15 bits per heavy atom. The quantitative estimate of drug-likeness (QED) is 0.0707. The van der Waals surface area contributed by atoms with Crippen molar-refractivity contribution in [3.63, 3.8) is 0 Å². The fourth-order valence-electron chi connectivity index (χ4n) is 4.87. The molecule has 0 N–H and O–H groups in total. The summed E-state index contributed by atoms with van der Waals surface area (Å²) < 4.78 is 65.5. The summed E-state index contributed by atoms with van der Waals surface area (Å²) in [6, 6.07) is 11.0. The summed E-state index contributed by atoms with van der Waals surface area (Å²) in [5, 5.41) is 9.93. The molecule has 2 aromatic heterocycles. The minimum Gasteiger partial charge on any atom is -0.591 e. The summed E-state index contributed by atoms with van der Waals surface area (Å²) in [6.45, 7) is 16.1. The minimum atomic E-state index is -3.20. The average molecular weight is 700 g/mol. The zero-order valence-corrected chi connectivity index (χ0v) is 30.9. The first-order chi connectivity index (χ1) is 22.2. The summed E-state index contributed by atoms with van der Waals surface area (Å²) >= 11 is -1.90. The van der Waals surface area contributed by atoms with Crippen LogP contribution in [-0.4, -0.2) is 62.1 Å². The fourth-order valence-corrected chi connectivity index (χ4v) is 6.24. The van der Waals surface area contributed by atoms with Gasteiger partial charge in [0, 0.05) is 26.3 Å². The zero-order valence-electron chi connectivity index (χ0n) is 29.1. The number of benzene rings is 2. The highest BCUT2D eigenvalue weighted by molar-refractivity contribution is 7.91. The van der Waals surface area contributed by atoms with Crippen LogP contribution in [0.3, 0.4) is 0 Å². The molecule has 48 heavy (non-hydrogen) atoms. The van der Waals surface area contributed by atoms with Crippen LogP contribution in [0.5, 0.6) is 5.75 Å². The van der Waals surface area contributed by atoms with E-state index in [2.05, 4.69) is 30.1 Å². The Morgan fingerprint density at radius 3 is 2.42 bits per heavy atom. The summed E-state index contributed by atoms with van der Waals surface area (Å²) in [5.74, 6) is -0.0717. The van der Waals surface area contributed by atoms with E-state index in [0.29, 0.717) is 39.7 Å². The molecule has 0 amide bonds. The molecule has 0 aliphatic carbocycles. The molecule has 0 spiro atoms. The van der Waals surface area contributed by atoms with Crippen molar-refractivity contribution in [2.24, 2.45) is 4.40 Å². The smallest absolute Gasteiger partial charge is 0.419 e. The molecule has 4 rings (SSSR count). The Balaban J connectivity index is 2.08. The first kappa shape index (κ1) is 37.1. The SMILES string of the molecule is Cc1cc(OC(F)F)c(/C(=N\[S+]([O-])C(C)(C)C)c2nc3cc(C#N)ccc3n2COCC[Si](C)(C)C)c2ccn(C(=O)OC(C)(C)C)c12. The molecule has 10 nitrogen and oxygen atoms in total. The van der Waals surface area contributed by atoms with Gasteiger partial charge in [-0.2, -0.15) is 14.0 Å². The van der Waals surface area contributed by atoms with E-state index in [1.807, 2.05) is 0 Å². The van der Waals surface area contributed by atoms with Crippen molar-refractivity contribution >= 4 is 53.2 Å². The van der Waals surface area contributed by atoms with Gasteiger partial charge in [-0.15, -0.1) is 0 Å². The molecule has 0 radical (unpaired) electrons. The van der Waals surface area contributed by atoms with Gasteiger partial charge in [0.25, 0.3) is 0 Å². The Morgan fingerprint density at radius 2 is 1.83 bits per heavy atom. The first-order valence-corrected chi connectivity index (χ1v) is 20.3. The van der Waals surface area contributed by atoms with Crippen LogP contribution in [0.1, 0.15) is 64.1 Å². The lowest BCUT2D eigenvalue weighted by Gasteiger charge is -2.22. The molecule has 0 saturated heterocycles. The Kier molecular flexibility index (Phi) is 10.8. The number of alkyl halides is 2. The van der Waals surface area contributed by atoms with Crippen molar-refractivity contribution in [3.05, 3.63) is 59.0 Å². The second kappa shape index (κ2) is 14.0. The summed E-state index contributed by atoms with van der Waals surface area (Å²) in [5.41, 5.74) is 1.47. The van der Waals surface area contributed by atoms with E-state index in [9.17, 15) is 23.4 Å². The Labute approximate surface area is 284 Å². The van der Waals surface area contributed by atoms with Crippen LogP contribution in [0.25, 0.3) is 21.9 Å². The number of fused-ring (bicyclic) bond motifs is 2. The molecule has 0 aliphatic rings. The number of nitrogens with zero attached hydrogens (tertiary/aromatic N) is 5. The predicted octanol–water partition coefficient (Wildman–Crippen LogP) is 8.17. The third-order valence-electron chi connectivity index (χ3n) is 7.17. The van der Waals surface area contributed by atoms with Crippen molar-refractivity contribution in [3.8, 4) is 11.8 Å². The van der Waals surface area contributed by atoms with Gasteiger partial charge in [0.1, 0.15) is 34.2 Å². The van der Waals surface area contributed by atoms with Crippen molar-refractivity contribution in [1.82, 2.24) is 14.1 Å². The van der Waals surface area contributed by atoms with Crippen LogP contribution in [0.15, 0.2) is 40.9 Å². The lowest BCUT2D eigenvalue weighted by molar-refractivity contribution is -0.0499. The molecule has 258 valence electrons. The van der Waals surface area contributed by atoms with Crippen LogP contribution >= 0.6 is 0 Å². The number of ether oxygens (including phenoxy) is 3. The molecule has 4 aromatic rings. The minimum absolute atomic E-state index is 0.00523. The molecule has 1 unspecified atom stereocenters. The van der Waals surface area contributed by atoms with Crippen LogP contribution in [0, 0.1) is 18.3 Å². The first-order valence-electron chi connectivity index (χ1n) is 15.5. The van der Waals surface area contributed by atoms with Crippen molar-refractivity contribution in [1.29, 1.82) is 5.26 Å². The van der Waals surface area contributed by atoms with E-state index >= 15 is 0 Å². The lowest BCUT2D eigenvalue weighted by atomic mass is 10.00. The lowest BCUT2D eigenvalue weighted by Crippen LogP contribution is -2.28. The number of aryl methyl sites for hydroxylation is 1. The number of nitriles is 1. The van der Waals surface area contributed by atoms with E-state index in [-0.39, 0.29) is 29.6 Å². The molecule has 0 fully saturated rings. The van der Waals surface area contributed by atoms with Crippen molar-refractivity contribution < 1.29 is 32.3 Å². The summed E-state index contributed by atoms with van der Waals surface area (Å²) in [6.07, 6.45) is 0.819. The summed E-state index contributed by atoms with van der Waals surface area (Å²) in [7, 11) is -1.44. The van der Waals surface area contributed by atoms with E-state index in [1.54, 1.807) is 77.3 Å². The monoisotopic (exact) mass is 699 g/mol. The number of aromatic nitrogens is 3. The number of carbonyl (C=O) groups excluding carboxylic acids is 1. The van der Waals surface area contributed by atoms with Gasteiger partial charge < -0.3 is 18.8 Å². The molecule has 2 aromatic carbocycles. The van der Waals surface area contributed by atoms with E-state index in [1.165, 1.54) is 16.8 Å². The third-order valence-corrected chi connectivity index (χ3v) is 10.3. The maximum atomic E-state index is 14.0. The standard InChI is InChI=1S/C34H43F2N5O5SSi/c1-21-17-26(45-31(35)36)27(23-13-14-40(29(21)23)32(42)46-33(2,3)4)28(39-47(43)34(5,6)7)30-38-24-18-22(19-37)11-12-25(24)41(30)20-44-15-16-48(8,9)10/h11-14,17-18,31H,15-16,20H2,1-10H3/b39-28+. The highest BCUT2D eigenvalue weighted by atomic mass is 32.2. The van der Waals surface area contributed by atoms with Gasteiger partial charge in [-0.1, -0.05) is 24.0 Å². The highest BCUT2D eigenvalue weighted by Crippen LogP contribution is 2.37. The molecular formula is C34H43F2N5O5SSi. The predicted molar refractivity (Wildman–Crippen MR) is 187 cm³/mol. The van der Waals surface area contributed by atoms with Crippen LogP contribution < -0.4 is 4.74 Å². The normalized spacial score (nSPS) is 13.7. The van der Waals surface area contributed by atoms with E-state index in [0.717, 1.165) is 6.04 Å². The van der Waals surface area contributed by atoms with Gasteiger partial charge >= 0.3 is 12.7 Å². The van der Waals surface area contributed by atoms with Crippen LogP contribution in [-0.2, 0) is 27.6 Å². The topological polar surface area (TPSA) is 127 Å². The van der Waals surface area contributed by atoms with Crippen molar-refractivity contribution in [2.45, 2.75) is 97.8 Å². The highest BCUT2D eigenvalue weighted by Gasteiger charge is 2.33. The van der Waals surface area contributed by atoms with Gasteiger partial charge in [-0.3, -0.25) is 9.13 Å².